The average Bonchev–Trinajstić information content (AvgIpc) is 2.35. The first-order chi connectivity index (χ1) is 8.47. The summed E-state index contributed by atoms with van der Waals surface area (Å²) < 4.78 is 12.8. The van der Waals surface area contributed by atoms with Crippen molar-refractivity contribution in [2.75, 3.05) is 0 Å². The molecule has 0 aliphatic heterocycles. The second-order valence-corrected chi connectivity index (χ2v) is 4.68. The van der Waals surface area contributed by atoms with Crippen LogP contribution in [-0.2, 0) is 4.79 Å². The first-order valence-electron chi connectivity index (χ1n) is 6.05. The lowest BCUT2D eigenvalue weighted by Crippen LogP contribution is -2.25. The molecule has 0 spiro atoms. The van der Waals surface area contributed by atoms with Gasteiger partial charge in [0.05, 0.1) is 12.0 Å². The molecule has 3 heteroatoms. The van der Waals surface area contributed by atoms with Gasteiger partial charge in [-0.1, -0.05) is 32.1 Å². The molecule has 1 N–H and O–H groups in total. The van der Waals surface area contributed by atoms with Crippen molar-refractivity contribution in [3.63, 3.8) is 0 Å². The predicted octanol–water partition coefficient (Wildman–Crippen LogP) is 3.28. The van der Waals surface area contributed by atoms with Gasteiger partial charge in [0.15, 0.2) is 0 Å². The van der Waals surface area contributed by atoms with E-state index in [1.807, 2.05) is 0 Å². The van der Waals surface area contributed by atoms with E-state index in [0.29, 0.717) is 12.0 Å². The summed E-state index contributed by atoms with van der Waals surface area (Å²) in [5.74, 6) is -1.04. The highest BCUT2D eigenvalue weighted by molar-refractivity contribution is 5.83. The van der Waals surface area contributed by atoms with Gasteiger partial charge in [-0.25, -0.2) is 4.39 Å². The third kappa shape index (κ3) is 3.50. The molecule has 0 aliphatic carbocycles. The van der Waals surface area contributed by atoms with Crippen LogP contribution in [0.1, 0.15) is 31.9 Å². The van der Waals surface area contributed by atoms with E-state index in [9.17, 15) is 14.3 Å². The van der Waals surface area contributed by atoms with Crippen LogP contribution in [-0.4, -0.2) is 10.9 Å². The molecule has 0 saturated heterocycles. The normalized spacial score (nSPS) is 14.3. The van der Waals surface area contributed by atoms with Crippen LogP contribution < -0.4 is 0 Å². The minimum absolute atomic E-state index is 0.00766. The quantitative estimate of drug-likeness (QED) is 0.787. The van der Waals surface area contributed by atoms with Crippen LogP contribution in [0.2, 0.25) is 0 Å². The smallest absolute Gasteiger partial charge is 0.141 e. The summed E-state index contributed by atoms with van der Waals surface area (Å²) in [6.45, 7) is 7.21. The Morgan fingerprint density at radius 1 is 1.39 bits per heavy atom. The molecule has 0 amide bonds. The molecule has 0 radical (unpaired) electrons. The lowest BCUT2D eigenvalue weighted by atomic mass is 9.85. The second kappa shape index (κ2) is 6.45. The molecule has 2 nitrogen and oxygen atoms in total. The van der Waals surface area contributed by atoms with Gasteiger partial charge in [0.1, 0.15) is 11.6 Å². The number of carbonyl (C=O) groups is 1. The summed E-state index contributed by atoms with van der Waals surface area (Å²) in [6, 6.07) is 5.57. The SMILES string of the molecule is C=CCC(C(=O)C(C)C)C(O)c1ccc(F)cc1. The molecule has 0 aliphatic rings. The lowest BCUT2D eigenvalue weighted by molar-refractivity contribution is -0.129. The summed E-state index contributed by atoms with van der Waals surface area (Å²) in [6.07, 6.45) is 1.12. The zero-order valence-electron chi connectivity index (χ0n) is 10.8. The van der Waals surface area contributed by atoms with Gasteiger partial charge in [-0.2, -0.15) is 0 Å². The van der Waals surface area contributed by atoms with Crippen LogP contribution in [0.15, 0.2) is 36.9 Å². The number of hydrogen-bond donors (Lipinski definition) is 1. The van der Waals surface area contributed by atoms with Crippen LogP contribution >= 0.6 is 0 Å². The minimum atomic E-state index is -0.918. The summed E-state index contributed by atoms with van der Waals surface area (Å²) >= 11 is 0. The van der Waals surface area contributed by atoms with Gasteiger partial charge in [-0.05, 0) is 24.1 Å². The summed E-state index contributed by atoms with van der Waals surface area (Å²) in [7, 11) is 0. The Kier molecular flexibility index (Phi) is 5.23. The van der Waals surface area contributed by atoms with Gasteiger partial charge in [-0.3, -0.25) is 4.79 Å². The number of carbonyl (C=O) groups excluding carboxylic acids is 1. The fourth-order valence-electron chi connectivity index (χ4n) is 1.90. The van der Waals surface area contributed by atoms with E-state index < -0.39 is 12.0 Å². The Morgan fingerprint density at radius 2 is 1.94 bits per heavy atom. The summed E-state index contributed by atoms with van der Waals surface area (Å²) in [4.78, 5) is 12.0. The van der Waals surface area contributed by atoms with Crippen molar-refractivity contribution >= 4 is 5.78 Å². The van der Waals surface area contributed by atoms with E-state index in [0.717, 1.165) is 0 Å². The fourth-order valence-corrected chi connectivity index (χ4v) is 1.90. The number of allylic oxidation sites excluding steroid dienone is 1. The van der Waals surface area contributed by atoms with E-state index in [2.05, 4.69) is 6.58 Å². The molecule has 98 valence electrons. The van der Waals surface area contributed by atoms with Crippen molar-refractivity contribution in [1.82, 2.24) is 0 Å². The Hall–Kier alpha value is -1.48. The molecule has 1 rings (SSSR count). The van der Waals surface area contributed by atoms with E-state index in [4.69, 9.17) is 0 Å². The van der Waals surface area contributed by atoms with Gasteiger partial charge in [-0.15, -0.1) is 6.58 Å². The third-order valence-electron chi connectivity index (χ3n) is 2.95. The minimum Gasteiger partial charge on any atom is -0.388 e. The molecule has 1 aromatic rings. The molecule has 2 unspecified atom stereocenters. The molecule has 1 aromatic carbocycles. The van der Waals surface area contributed by atoms with Gasteiger partial charge < -0.3 is 5.11 Å². The number of rotatable bonds is 6. The first kappa shape index (κ1) is 14.6. The van der Waals surface area contributed by atoms with Crippen molar-refractivity contribution in [1.29, 1.82) is 0 Å². The maximum Gasteiger partial charge on any atom is 0.141 e. The number of benzene rings is 1. The van der Waals surface area contributed by atoms with Crippen LogP contribution in [0.5, 0.6) is 0 Å². The van der Waals surface area contributed by atoms with Gasteiger partial charge in [0, 0.05) is 5.92 Å². The molecular formula is C15H19FO2. The number of Topliss-reactive ketones (excluding diaryl/α,β-unsaturated/α-hetero) is 1. The Balaban J connectivity index is 2.95. The highest BCUT2D eigenvalue weighted by Crippen LogP contribution is 2.28. The number of halogens is 1. The number of aliphatic hydroxyl groups is 1. The Labute approximate surface area is 107 Å². The van der Waals surface area contributed by atoms with E-state index >= 15 is 0 Å². The molecule has 0 bridgehead atoms. The second-order valence-electron chi connectivity index (χ2n) is 4.68. The summed E-state index contributed by atoms with van der Waals surface area (Å²) in [5, 5.41) is 10.2. The monoisotopic (exact) mass is 250 g/mol. The van der Waals surface area contributed by atoms with Crippen LogP contribution in [0, 0.1) is 17.7 Å². The third-order valence-corrected chi connectivity index (χ3v) is 2.95. The maximum atomic E-state index is 12.8. The fraction of sp³-hybridized carbons (Fsp3) is 0.400. The van der Waals surface area contributed by atoms with Gasteiger partial charge >= 0.3 is 0 Å². The Bertz CT molecular complexity index is 409. The molecule has 0 saturated carbocycles. The molecule has 2 atom stereocenters. The van der Waals surface area contributed by atoms with Crippen molar-refractivity contribution in [3.8, 4) is 0 Å². The predicted molar refractivity (Wildman–Crippen MR) is 69.5 cm³/mol. The van der Waals surface area contributed by atoms with Crippen molar-refractivity contribution in [3.05, 3.63) is 48.3 Å². The van der Waals surface area contributed by atoms with Crippen molar-refractivity contribution in [2.45, 2.75) is 26.4 Å². The largest absolute Gasteiger partial charge is 0.388 e. The topological polar surface area (TPSA) is 37.3 Å². The zero-order valence-corrected chi connectivity index (χ0v) is 10.8. The van der Waals surface area contributed by atoms with Crippen LogP contribution in [0.25, 0.3) is 0 Å². The lowest BCUT2D eigenvalue weighted by Gasteiger charge is -2.22. The van der Waals surface area contributed by atoms with Crippen molar-refractivity contribution < 1.29 is 14.3 Å². The molecular weight excluding hydrogens is 231 g/mol. The molecule has 0 fully saturated rings. The van der Waals surface area contributed by atoms with E-state index in [1.54, 1.807) is 19.9 Å². The molecule has 0 heterocycles. The van der Waals surface area contributed by atoms with Gasteiger partial charge in [0.25, 0.3) is 0 Å². The zero-order chi connectivity index (χ0) is 13.7. The highest BCUT2D eigenvalue weighted by atomic mass is 19.1. The van der Waals surface area contributed by atoms with Crippen LogP contribution in [0.4, 0.5) is 4.39 Å². The maximum absolute atomic E-state index is 12.8. The van der Waals surface area contributed by atoms with E-state index in [-0.39, 0.29) is 17.5 Å². The molecule has 18 heavy (non-hydrogen) atoms. The Morgan fingerprint density at radius 3 is 2.39 bits per heavy atom. The number of ketones is 1. The number of hydrogen-bond acceptors (Lipinski definition) is 2. The average molecular weight is 250 g/mol. The standard InChI is InChI=1S/C15H19FO2/c1-4-5-13(14(17)10(2)3)15(18)11-6-8-12(16)9-7-11/h4,6-10,13,15,18H,1,5H2,2-3H3. The van der Waals surface area contributed by atoms with Crippen molar-refractivity contribution in [2.24, 2.45) is 11.8 Å². The van der Waals surface area contributed by atoms with E-state index in [1.165, 1.54) is 24.3 Å². The summed E-state index contributed by atoms with van der Waals surface area (Å²) in [5.41, 5.74) is 0.553. The van der Waals surface area contributed by atoms with Crippen LogP contribution in [0.3, 0.4) is 0 Å². The number of aliphatic hydroxyl groups excluding tert-OH is 1. The van der Waals surface area contributed by atoms with Gasteiger partial charge in [0.2, 0.25) is 0 Å². The highest BCUT2D eigenvalue weighted by Gasteiger charge is 2.28. The first-order valence-corrected chi connectivity index (χ1v) is 6.05. The molecule has 0 aromatic heterocycles.